The molecule has 0 aliphatic heterocycles. The molecule has 0 bridgehead atoms. The van der Waals surface area contributed by atoms with Crippen molar-refractivity contribution in [2.24, 2.45) is 0 Å². The third-order valence-electron chi connectivity index (χ3n) is 2.35. The molecule has 1 unspecified atom stereocenters. The van der Waals surface area contributed by atoms with E-state index >= 15 is 0 Å². The zero-order valence-corrected chi connectivity index (χ0v) is 12.4. The van der Waals surface area contributed by atoms with Crippen LogP contribution in [0.1, 0.15) is 27.2 Å². The molecule has 0 fully saturated rings. The van der Waals surface area contributed by atoms with Gasteiger partial charge in [0.25, 0.3) is 0 Å². The van der Waals surface area contributed by atoms with Crippen LogP contribution < -0.4 is 10.1 Å². The van der Waals surface area contributed by atoms with Gasteiger partial charge < -0.3 is 19.9 Å². The maximum Gasteiger partial charge on any atom is 0.408 e. The third kappa shape index (κ3) is 7.20. The first-order chi connectivity index (χ1) is 9.78. The zero-order chi connectivity index (χ0) is 15.9. The number of benzene rings is 1. The highest BCUT2D eigenvalue weighted by Gasteiger charge is 2.23. The van der Waals surface area contributed by atoms with Gasteiger partial charge in [0, 0.05) is 6.42 Å². The van der Waals surface area contributed by atoms with Crippen LogP contribution in [0.3, 0.4) is 0 Å². The molecular weight excluding hydrogens is 274 g/mol. The molecule has 0 aliphatic carbocycles. The first-order valence-electron chi connectivity index (χ1n) is 6.59. The summed E-state index contributed by atoms with van der Waals surface area (Å²) in [5.74, 6) is -0.513. The van der Waals surface area contributed by atoms with E-state index in [1.165, 1.54) is 0 Å². The molecule has 0 aromatic heterocycles. The first kappa shape index (κ1) is 16.8. The van der Waals surface area contributed by atoms with Crippen LogP contribution in [0.2, 0.25) is 0 Å². The number of nitrogens with one attached hydrogen (secondary N) is 1. The minimum Gasteiger partial charge on any atom is -0.494 e. The smallest absolute Gasteiger partial charge is 0.408 e. The van der Waals surface area contributed by atoms with E-state index in [4.69, 9.17) is 14.6 Å². The minimum absolute atomic E-state index is 0.132. The fraction of sp³-hybridized carbons (Fsp3) is 0.467. The fourth-order valence-electron chi connectivity index (χ4n) is 1.47. The first-order valence-corrected chi connectivity index (χ1v) is 6.59. The van der Waals surface area contributed by atoms with Crippen LogP contribution in [0, 0.1) is 6.07 Å². The number of carboxylic acids is 1. The minimum atomic E-state index is -1.13. The van der Waals surface area contributed by atoms with E-state index in [9.17, 15) is 9.59 Å². The summed E-state index contributed by atoms with van der Waals surface area (Å²) >= 11 is 0. The molecule has 1 atom stereocenters. The summed E-state index contributed by atoms with van der Waals surface area (Å²) in [5.41, 5.74) is -0.676. The molecule has 6 nitrogen and oxygen atoms in total. The van der Waals surface area contributed by atoms with Crippen LogP contribution in [0.5, 0.6) is 5.75 Å². The van der Waals surface area contributed by atoms with E-state index in [0.29, 0.717) is 5.75 Å². The standard InChI is InChI=1S/C15H20NO5/c1-15(2,3)21-14(19)16-12(13(17)18)9-10-20-11-7-5-4-6-8-11/h5-8,12H,9-10H2,1-3H3,(H,16,19)(H,17,18). The van der Waals surface area contributed by atoms with Crippen molar-refractivity contribution in [2.45, 2.75) is 38.8 Å². The van der Waals surface area contributed by atoms with Gasteiger partial charge in [-0.3, -0.25) is 0 Å². The number of amides is 1. The lowest BCUT2D eigenvalue weighted by molar-refractivity contribution is -0.139. The van der Waals surface area contributed by atoms with Crippen molar-refractivity contribution in [1.29, 1.82) is 0 Å². The summed E-state index contributed by atoms with van der Waals surface area (Å²) in [6, 6.07) is 8.62. The Morgan fingerprint density at radius 1 is 1.33 bits per heavy atom. The predicted octanol–water partition coefficient (Wildman–Crippen LogP) is 2.23. The second kappa shape index (κ2) is 7.52. The molecule has 0 heterocycles. The van der Waals surface area contributed by atoms with E-state index in [-0.39, 0.29) is 13.0 Å². The Kier molecular flexibility index (Phi) is 6.02. The average molecular weight is 294 g/mol. The summed E-state index contributed by atoms with van der Waals surface area (Å²) in [4.78, 5) is 22.7. The Bertz CT molecular complexity index is 467. The number of alkyl carbamates (subject to hydrolysis) is 1. The molecule has 0 spiro atoms. The Morgan fingerprint density at radius 3 is 2.48 bits per heavy atom. The van der Waals surface area contributed by atoms with Crippen LogP contribution in [0.25, 0.3) is 0 Å². The van der Waals surface area contributed by atoms with Crippen molar-refractivity contribution >= 4 is 12.1 Å². The molecule has 1 radical (unpaired) electrons. The van der Waals surface area contributed by atoms with E-state index in [1.807, 2.05) is 0 Å². The second-order valence-corrected chi connectivity index (χ2v) is 5.41. The van der Waals surface area contributed by atoms with Crippen molar-refractivity contribution in [3.05, 3.63) is 30.3 Å². The number of hydrogen-bond donors (Lipinski definition) is 2. The van der Waals surface area contributed by atoms with Gasteiger partial charge in [0.05, 0.1) is 6.61 Å². The predicted molar refractivity (Wildman–Crippen MR) is 76.2 cm³/mol. The van der Waals surface area contributed by atoms with E-state index in [2.05, 4.69) is 11.4 Å². The monoisotopic (exact) mass is 294 g/mol. The van der Waals surface area contributed by atoms with Crippen molar-refractivity contribution in [3.63, 3.8) is 0 Å². The van der Waals surface area contributed by atoms with Gasteiger partial charge in [0.1, 0.15) is 17.4 Å². The molecule has 6 heteroatoms. The van der Waals surface area contributed by atoms with Crippen LogP contribution in [0.4, 0.5) is 4.79 Å². The number of carbonyl (C=O) groups is 2. The maximum absolute atomic E-state index is 11.6. The van der Waals surface area contributed by atoms with Gasteiger partial charge in [-0.15, -0.1) is 0 Å². The average Bonchev–Trinajstić information content (AvgIpc) is 2.36. The van der Waals surface area contributed by atoms with Gasteiger partial charge in [-0.2, -0.15) is 0 Å². The number of ether oxygens (including phenoxy) is 2. The molecule has 115 valence electrons. The topological polar surface area (TPSA) is 84.9 Å². The number of rotatable bonds is 6. The Hall–Kier alpha value is -2.24. The fourth-order valence-corrected chi connectivity index (χ4v) is 1.47. The molecule has 1 aromatic carbocycles. The summed E-state index contributed by atoms with van der Waals surface area (Å²) in [7, 11) is 0. The molecule has 21 heavy (non-hydrogen) atoms. The Labute approximate surface area is 124 Å². The highest BCUT2D eigenvalue weighted by molar-refractivity contribution is 5.79. The third-order valence-corrected chi connectivity index (χ3v) is 2.35. The van der Waals surface area contributed by atoms with Crippen molar-refractivity contribution in [1.82, 2.24) is 5.32 Å². The number of aliphatic carboxylic acids is 1. The normalized spacial score (nSPS) is 12.3. The molecule has 2 N–H and O–H groups in total. The van der Waals surface area contributed by atoms with Crippen molar-refractivity contribution in [3.8, 4) is 5.75 Å². The highest BCUT2D eigenvalue weighted by atomic mass is 16.6. The maximum atomic E-state index is 11.6. The van der Waals surface area contributed by atoms with Crippen LogP contribution >= 0.6 is 0 Å². The summed E-state index contributed by atoms with van der Waals surface area (Å²) in [5, 5.41) is 11.4. The largest absolute Gasteiger partial charge is 0.494 e. The molecule has 1 amide bonds. The Balaban J connectivity index is 2.43. The highest BCUT2D eigenvalue weighted by Crippen LogP contribution is 2.10. The van der Waals surface area contributed by atoms with Gasteiger partial charge >= 0.3 is 12.1 Å². The lowest BCUT2D eigenvalue weighted by Crippen LogP contribution is -2.44. The van der Waals surface area contributed by atoms with Gasteiger partial charge in [-0.25, -0.2) is 9.59 Å². The van der Waals surface area contributed by atoms with Crippen LogP contribution in [-0.4, -0.2) is 35.4 Å². The summed E-state index contributed by atoms with van der Waals surface area (Å²) in [6.07, 6.45) is -0.628. The number of carboxylic acid groups (broad SMARTS) is 1. The van der Waals surface area contributed by atoms with Crippen molar-refractivity contribution in [2.75, 3.05) is 6.61 Å². The van der Waals surface area contributed by atoms with E-state index < -0.39 is 23.7 Å². The summed E-state index contributed by atoms with van der Waals surface area (Å²) in [6.45, 7) is 5.28. The van der Waals surface area contributed by atoms with Crippen molar-refractivity contribution < 1.29 is 24.2 Å². The molecule has 1 aromatic rings. The van der Waals surface area contributed by atoms with Crippen LogP contribution in [0.15, 0.2) is 24.3 Å². The van der Waals surface area contributed by atoms with Gasteiger partial charge in [-0.1, -0.05) is 12.1 Å². The van der Waals surface area contributed by atoms with Gasteiger partial charge in [-0.05, 0) is 39.0 Å². The Morgan fingerprint density at radius 2 is 1.95 bits per heavy atom. The lowest BCUT2D eigenvalue weighted by atomic mass is 10.2. The summed E-state index contributed by atoms with van der Waals surface area (Å²) < 4.78 is 10.4. The molecule has 1 rings (SSSR count). The lowest BCUT2D eigenvalue weighted by Gasteiger charge is -2.22. The number of hydrogen-bond acceptors (Lipinski definition) is 4. The van der Waals surface area contributed by atoms with Gasteiger partial charge in [0.15, 0.2) is 0 Å². The van der Waals surface area contributed by atoms with E-state index in [0.717, 1.165) is 0 Å². The van der Waals surface area contributed by atoms with E-state index in [1.54, 1.807) is 45.0 Å². The van der Waals surface area contributed by atoms with Gasteiger partial charge in [0.2, 0.25) is 0 Å². The zero-order valence-electron chi connectivity index (χ0n) is 12.4. The molecule has 0 saturated carbocycles. The van der Waals surface area contributed by atoms with Crippen LogP contribution in [-0.2, 0) is 9.53 Å². The molecule has 0 aliphatic rings. The molecular formula is C15H20NO5. The quantitative estimate of drug-likeness (QED) is 0.840. The molecule has 0 saturated heterocycles. The number of carbonyl (C=O) groups excluding carboxylic acids is 1. The SMILES string of the molecule is CC(C)(C)OC(=O)NC(CCOc1cc[c]cc1)C(=O)O. The second-order valence-electron chi connectivity index (χ2n) is 5.41.